The van der Waals surface area contributed by atoms with E-state index in [0.717, 1.165) is 5.56 Å². The third-order valence-corrected chi connectivity index (χ3v) is 3.89. The molecule has 108 valence electrons. The molecule has 0 aliphatic heterocycles. The molecule has 0 heterocycles. The van der Waals surface area contributed by atoms with Gasteiger partial charge in [-0.3, -0.25) is 0 Å². The van der Waals surface area contributed by atoms with Gasteiger partial charge < -0.3 is 5.32 Å². The van der Waals surface area contributed by atoms with Gasteiger partial charge in [0.1, 0.15) is 0 Å². The van der Waals surface area contributed by atoms with Gasteiger partial charge in [0.25, 0.3) is 0 Å². The van der Waals surface area contributed by atoms with Crippen LogP contribution in [0.3, 0.4) is 0 Å². The molecular formula is C13H17ClF3NS. The Morgan fingerprint density at radius 1 is 1.32 bits per heavy atom. The van der Waals surface area contributed by atoms with Gasteiger partial charge in [0.15, 0.2) is 0 Å². The average molecular weight is 312 g/mol. The number of hydrogen-bond acceptors (Lipinski definition) is 2. The summed E-state index contributed by atoms with van der Waals surface area (Å²) in [6.07, 6.45) is 1.20. The smallest absolute Gasteiger partial charge is 0.319 e. The van der Waals surface area contributed by atoms with Gasteiger partial charge >= 0.3 is 5.51 Å². The van der Waals surface area contributed by atoms with Crippen molar-refractivity contribution >= 4 is 23.4 Å². The second-order valence-electron chi connectivity index (χ2n) is 4.30. The highest BCUT2D eigenvalue weighted by Crippen LogP contribution is 2.32. The van der Waals surface area contributed by atoms with E-state index < -0.39 is 5.51 Å². The zero-order valence-corrected chi connectivity index (χ0v) is 12.2. The highest BCUT2D eigenvalue weighted by Gasteiger charge is 2.28. The van der Waals surface area contributed by atoms with E-state index in [2.05, 4.69) is 5.32 Å². The van der Waals surface area contributed by atoms with E-state index in [1.165, 1.54) is 0 Å². The van der Waals surface area contributed by atoms with Crippen molar-refractivity contribution in [2.24, 2.45) is 5.92 Å². The van der Waals surface area contributed by atoms with Crippen molar-refractivity contribution in [3.8, 4) is 0 Å². The third kappa shape index (κ3) is 7.09. The Hall–Kier alpha value is -0.390. The summed E-state index contributed by atoms with van der Waals surface area (Å²) in [7, 11) is 1.80. The first-order chi connectivity index (χ1) is 8.92. The van der Waals surface area contributed by atoms with Crippen LogP contribution in [-0.2, 0) is 6.42 Å². The molecule has 1 aromatic rings. The van der Waals surface area contributed by atoms with E-state index in [4.69, 9.17) is 11.6 Å². The van der Waals surface area contributed by atoms with Crippen molar-refractivity contribution in [3.63, 3.8) is 0 Å². The molecule has 0 bridgehead atoms. The van der Waals surface area contributed by atoms with E-state index in [9.17, 15) is 13.2 Å². The van der Waals surface area contributed by atoms with Gasteiger partial charge in [0, 0.05) is 10.8 Å². The molecule has 0 radical (unpaired) electrons. The largest absolute Gasteiger partial charge is 0.441 e. The lowest BCUT2D eigenvalue weighted by atomic mass is 9.97. The van der Waals surface area contributed by atoms with Gasteiger partial charge in [-0.2, -0.15) is 13.2 Å². The van der Waals surface area contributed by atoms with Crippen molar-refractivity contribution in [2.45, 2.75) is 18.3 Å². The van der Waals surface area contributed by atoms with Crippen LogP contribution in [0.4, 0.5) is 13.2 Å². The zero-order valence-electron chi connectivity index (χ0n) is 10.6. The van der Waals surface area contributed by atoms with Crippen molar-refractivity contribution < 1.29 is 13.2 Å². The molecule has 1 N–H and O–H groups in total. The number of alkyl halides is 3. The fourth-order valence-electron chi connectivity index (χ4n) is 1.88. The Kier molecular flexibility index (Phi) is 7.04. The molecule has 1 aromatic carbocycles. The number of nitrogens with one attached hydrogen (secondary N) is 1. The fraction of sp³-hybridized carbons (Fsp3) is 0.538. The van der Waals surface area contributed by atoms with Crippen LogP contribution in [0.25, 0.3) is 0 Å². The minimum Gasteiger partial charge on any atom is -0.319 e. The third-order valence-electron chi connectivity index (χ3n) is 2.75. The first kappa shape index (κ1) is 16.7. The molecule has 1 rings (SSSR count). The molecule has 0 saturated carbocycles. The second kappa shape index (κ2) is 8.02. The molecule has 1 atom stereocenters. The summed E-state index contributed by atoms with van der Waals surface area (Å²) in [6.45, 7) is 0.684. The quantitative estimate of drug-likeness (QED) is 0.803. The van der Waals surface area contributed by atoms with Crippen LogP contribution >= 0.6 is 23.4 Å². The maximum absolute atomic E-state index is 12.1. The van der Waals surface area contributed by atoms with Crippen molar-refractivity contribution in [1.82, 2.24) is 5.32 Å². The lowest BCUT2D eigenvalue weighted by Crippen LogP contribution is -2.22. The van der Waals surface area contributed by atoms with Crippen LogP contribution in [0.15, 0.2) is 24.3 Å². The molecule has 0 aliphatic carbocycles. The number of halogens is 4. The Morgan fingerprint density at radius 3 is 2.58 bits per heavy atom. The van der Waals surface area contributed by atoms with Crippen LogP contribution in [-0.4, -0.2) is 24.9 Å². The van der Waals surface area contributed by atoms with E-state index in [1.807, 2.05) is 18.2 Å². The second-order valence-corrected chi connectivity index (χ2v) is 5.87. The minimum atomic E-state index is -4.14. The number of rotatable bonds is 7. The molecule has 0 aromatic heterocycles. The summed E-state index contributed by atoms with van der Waals surface area (Å²) in [5.74, 6) is 0.236. The molecule has 0 spiro atoms. The van der Waals surface area contributed by atoms with Gasteiger partial charge in [-0.1, -0.05) is 41.6 Å². The molecule has 1 unspecified atom stereocenters. The number of benzene rings is 1. The van der Waals surface area contributed by atoms with Crippen molar-refractivity contribution in [3.05, 3.63) is 34.9 Å². The van der Waals surface area contributed by atoms with Crippen LogP contribution in [0.5, 0.6) is 0 Å². The molecule has 1 nitrogen and oxygen atoms in total. The summed E-state index contributed by atoms with van der Waals surface area (Å²) in [5.41, 5.74) is -3.16. The van der Waals surface area contributed by atoms with Crippen LogP contribution in [0.2, 0.25) is 5.02 Å². The SMILES string of the molecule is CNCC(CCSC(F)(F)F)Cc1ccccc1Cl. The molecular weight excluding hydrogens is 295 g/mol. The monoisotopic (exact) mass is 311 g/mol. The summed E-state index contributed by atoms with van der Waals surface area (Å²) in [5, 5.41) is 3.69. The lowest BCUT2D eigenvalue weighted by molar-refractivity contribution is -0.0328. The highest BCUT2D eigenvalue weighted by atomic mass is 35.5. The number of thioether (sulfide) groups is 1. The molecule has 0 fully saturated rings. The highest BCUT2D eigenvalue weighted by molar-refractivity contribution is 8.00. The molecule has 0 aliphatic rings. The molecule has 0 saturated heterocycles. The van der Waals surface area contributed by atoms with E-state index in [0.29, 0.717) is 24.4 Å². The Balaban J connectivity index is 2.51. The lowest BCUT2D eigenvalue weighted by Gasteiger charge is -2.17. The predicted molar refractivity (Wildman–Crippen MR) is 75.7 cm³/mol. The van der Waals surface area contributed by atoms with Gasteiger partial charge in [-0.25, -0.2) is 0 Å². The topological polar surface area (TPSA) is 12.0 Å². The zero-order chi connectivity index (χ0) is 14.3. The standard InChI is InChI=1S/C13H17ClF3NS/c1-18-9-10(6-7-19-13(15,16)17)8-11-4-2-3-5-12(11)14/h2-5,10,18H,6-9H2,1H3. The predicted octanol–water partition coefficient (Wildman–Crippen LogP) is 4.36. The summed E-state index contributed by atoms with van der Waals surface area (Å²) < 4.78 is 36.3. The van der Waals surface area contributed by atoms with E-state index in [1.54, 1.807) is 13.1 Å². The van der Waals surface area contributed by atoms with Crippen molar-refractivity contribution in [1.29, 1.82) is 0 Å². The normalized spacial score (nSPS) is 13.5. The summed E-state index contributed by atoms with van der Waals surface area (Å²) in [6, 6.07) is 7.46. The van der Waals surface area contributed by atoms with Gasteiger partial charge in [-0.05, 0) is 44.0 Å². The summed E-state index contributed by atoms with van der Waals surface area (Å²) in [4.78, 5) is 0. The fourth-order valence-corrected chi connectivity index (χ4v) is 2.78. The maximum Gasteiger partial charge on any atom is 0.441 e. The van der Waals surface area contributed by atoms with Crippen LogP contribution < -0.4 is 5.32 Å². The molecule has 0 amide bonds. The van der Waals surface area contributed by atoms with Gasteiger partial charge in [0.2, 0.25) is 0 Å². The van der Waals surface area contributed by atoms with Crippen LogP contribution in [0, 0.1) is 5.92 Å². The molecule has 6 heteroatoms. The van der Waals surface area contributed by atoms with Crippen LogP contribution in [0.1, 0.15) is 12.0 Å². The average Bonchev–Trinajstić information content (AvgIpc) is 2.30. The number of hydrogen-bond donors (Lipinski definition) is 1. The molecule has 19 heavy (non-hydrogen) atoms. The van der Waals surface area contributed by atoms with Gasteiger partial charge in [-0.15, -0.1) is 0 Å². The Bertz CT molecular complexity index is 384. The van der Waals surface area contributed by atoms with Gasteiger partial charge in [0.05, 0.1) is 0 Å². The maximum atomic E-state index is 12.1. The Morgan fingerprint density at radius 2 is 2.00 bits per heavy atom. The first-order valence-electron chi connectivity index (χ1n) is 6.01. The first-order valence-corrected chi connectivity index (χ1v) is 7.37. The van der Waals surface area contributed by atoms with E-state index in [-0.39, 0.29) is 23.4 Å². The minimum absolute atomic E-state index is 0.0418. The Labute approximate surface area is 120 Å². The van der Waals surface area contributed by atoms with Crippen molar-refractivity contribution in [2.75, 3.05) is 19.3 Å². The summed E-state index contributed by atoms with van der Waals surface area (Å²) >= 11 is 6.11. The van der Waals surface area contributed by atoms with E-state index >= 15 is 0 Å².